The molecule has 0 saturated carbocycles. The molecule has 4 heteroatoms. The molecule has 0 aromatic carbocycles. The van der Waals surface area contributed by atoms with Gasteiger partial charge in [0.25, 0.3) is 0 Å². The first kappa shape index (κ1) is 12.1. The van der Waals surface area contributed by atoms with E-state index in [1.54, 1.807) is 0 Å². The van der Waals surface area contributed by atoms with Crippen molar-refractivity contribution in [3.63, 3.8) is 0 Å². The number of rotatable bonds is 1. The summed E-state index contributed by atoms with van der Waals surface area (Å²) in [5, 5.41) is -0.231. The Bertz CT molecular complexity index is 507. The summed E-state index contributed by atoms with van der Waals surface area (Å²) in [7, 11) is -1.76. The minimum Gasteiger partial charge on any atom is -0.393 e. The lowest BCUT2D eigenvalue weighted by atomic mass is 9.69. The Morgan fingerprint density at radius 2 is 1.78 bits per heavy atom. The Hall–Kier alpha value is -0.903. The maximum absolute atomic E-state index is 12.1. The highest BCUT2D eigenvalue weighted by molar-refractivity contribution is 6.87. The molecule has 3 aliphatic rings. The third kappa shape index (κ3) is 0.889. The van der Waals surface area contributed by atoms with Gasteiger partial charge in [-0.05, 0) is 16.5 Å². The van der Waals surface area contributed by atoms with Crippen LogP contribution in [0.4, 0.5) is 0 Å². The summed E-state index contributed by atoms with van der Waals surface area (Å²) in [4.78, 5) is 24.1. The van der Waals surface area contributed by atoms with Crippen LogP contribution >= 0.6 is 0 Å². The molecule has 0 spiro atoms. The number of cyclic esters (lactones) is 2. The lowest BCUT2D eigenvalue weighted by Crippen LogP contribution is -2.44. The van der Waals surface area contributed by atoms with Crippen molar-refractivity contribution >= 4 is 20.0 Å². The van der Waals surface area contributed by atoms with Crippen molar-refractivity contribution in [1.29, 1.82) is 0 Å². The third-order valence-electron chi connectivity index (χ3n) is 6.48. The average molecular weight is 264 g/mol. The minimum atomic E-state index is -1.76. The van der Waals surface area contributed by atoms with Crippen LogP contribution in [0.15, 0.2) is 11.6 Å². The van der Waals surface area contributed by atoms with E-state index in [0.29, 0.717) is 0 Å². The minimum absolute atomic E-state index is 0.107. The number of allylic oxidation sites excluding steroid dienone is 2. The van der Waals surface area contributed by atoms with Gasteiger partial charge in [0.2, 0.25) is 0 Å². The first-order valence-corrected chi connectivity index (χ1v) is 9.69. The molecule has 3 rings (SSSR count). The second-order valence-electron chi connectivity index (χ2n) is 6.83. The van der Waals surface area contributed by atoms with Crippen LogP contribution in [0.5, 0.6) is 0 Å². The number of hydrogen-bond donors (Lipinski definition) is 0. The van der Waals surface area contributed by atoms with Crippen LogP contribution in [0.25, 0.3) is 0 Å². The molecule has 0 aliphatic carbocycles. The summed E-state index contributed by atoms with van der Waals surface area (Å²) in [6.07, 6.45) is 3.27. The van der Waals surface area contributed by atoms with Crippen molar-refractivity contribution < 1.29 is 14.3 Å². The monoisotopic (exact) mass is 264 g/mol. The van der Waals surface area contributed by atoms with E-state index in [1.165, 1.54) is 5.57 Å². The number of carbonyl (C=O) groups excluding carboxylic acids is 2. The lowest BCUT2D eigenvalue weighted by Gasteiger charge is -2.40. The highest BCUT2D eigenvalue weighted by Gasteiger charge is 2.79. The molecule has 98 valence electrons. The van der Waals surface area contributed by atoms with Crippen molar-refractivity contribution in [1.82, 2.24) is 0 Å². The Kier molecular flexibility index (Phi) is 2.01. The highest BCUT2D eigenvalue weighted by atomic mass is 28.3. The van der Waals surface area contributed by atoms with Crippen molar-refractivity contribution in [3.8, 4) is 0 Å². The van der Waals surface area contributed by atoms with Gasteiger partial charge in [0.05, 0.1) is 19.9 Å². The number of carbonyl (C=O) groups is 2. The van der Waals surface area contributed by atoms with Crippen LogP contribution in [0, 0.1) is 11.8 Å². The molecule has 2 bridgehead atoms. The van der Waals surface area contributed by atoms with Crippen molar-refractivity contribution in [2.24, 2.45) is 11.8 Å². The summed E-state index contributed by atoms with van der Waals surface area (Å²) in [5.74, 6) is -1.03. The number of ether oxygens (including phenoxy) is 1. The predicted octanol–water partition coefficient (Wildman–Crippen LogP) is 2.89. The topological polar surface area (TPSA) is 43.4 Å². The molecule has 2 fully saturated rings. The molecule has 0 radical (unpaired) electrons. The van der Waals surface area contributed by atoms with Crippen LogP contribution in [-0.4, -0.2) is 20.0 Å². The Morgan fingerprint density at radius 1 is 1.22 bits per heavy atom. The van der Waals surface area contributed by atoms with Gasteiger partial charge in [0, 0.05) is 0 Å². The van der Waals surface area contributed by atoms with E-state index in [4.69, 9.17) is 4.74 Å². The number of fused-ring (bicyclic) bond motifs is 5. The van der Waals surface area contributed by atoms with Gasteiger partial charge in [-0.2, -0.15) is 0 Å². The van der Waals surface area contributed by atoms with Crippen LogP contribution < -0.4 is 0 Å². The van der Waals surface area contributed by atoms with E-state index in [-0.39, 0.29) is 33.9 Å². The molecule has 4 atom stereocenters. The first-order chi connectivity index (χ1) is 8.21. The zero-order valence-electron chi connectivity index (χ0n) is 11.7. The standard InChI is InChI=1S/C14H20O3Si/c1-6-8-7-13(2)9-10(12(16)17-11(9)15)14(8,3)18(13,4)5/h7,9-10H,6H2,1-5H3/t9-,10+,13+,14-/m0/s1. The fourth-order valence-corrected chi connectivity index (χ4v) is 9.68. The van der Waals surface area contributed by atoms with Crippen molar-refractivity contribution in [2.75, 3.05) is 0 Å². The maximum Gasteiger partial charge on any atom is 0.318 e. The molecule has 0 amide bonds. The molecule has 2 saturated heterocycles. The van der Waals surface area contributed by atoms with Gasteiger partial charge in [-0.1, -0.05) is 45.5 Å². The largest absolute Gasteiger partial charge is 0.393 e. The molecule has 0 aromatic rings. The molecule has 3 heterocycles. The normalized spacial score (nSPS) is 48.2. The van der Waals surface area contributed by atoms with Crippen LogP contribution in [-0.2, 0) is 14.3 Å². The predicted molar refractivity (Wildman–Crippen MR) is 70.7 cm³/mol. The van der Waals surface area contributed by atoms with E-state index < -0.39 is 8.07 Å². The lowest BCUT2D eigenvalue weighted by molar-refractivity contribution is -0.154. The van der Waals surface area contributed by atoms with E-state index in [9.17, 15) is 9.59 Å². The molecule has 3 nitrogen and oxygen atoms in total. The van der Waals surface area contributed by atoms with Gasteiger partial charge in [-0.25, -0.2) is 0 Å². The van der Waals surface area contributed by atoms with Gasteiger partial charge in [-0.3, -0.25) is 9.59 Å². The van der Waals surface area contributed by atoms with Crippen LogP contribution in [0.3, 0.4) is 0 Å². The summed E-state index contributed by atoms with van der Waals surface area (Å²) >= 11 is 0. The zero-order chi connectivity index (χ0) is 13.5. The second-order valence-corrected chi connectivity index (χ2v) is 12.2. The zero-order valence-corrected chi connectivity index (χ0v) is 12.7. The van der Waals surface area contributed by atoms with Gasteiger partial charge in [-0.15, -0.1) is 0 Å². The Balaban J connectivity index is 2.29. The fraction of sp³-hybridized carbons (Fsp3) is 0.714. The SMILES string of the molecule is CCC1=C[C@]2(C)[C@@H]3C(=O)OC(=O)[C@@H]3[C@@]1(C)[Si]2(C)C. The highest BCUT2D eigenvalue weighted by Crippen LogP contribution is 2.79. The van der Waals surface area contributed by atoms with E-state index in [0.717, 1.165) is 6.42 Å². The Morgan fingerprint density at radius 3 is 2.33 bits per heavy atom. The molecule has 3 aliphatic heterocycles. The van der Waals surface area contributed by atoms with Gasteiger partial charge < -0.3 is 4.74 Å². The summed E-state index contributed by atoms with van der Waals surface area (Å²) < 4.78 is 4.94. The molecular formula is C14H20O3Si. The van der Waals surface area contributed by atoms with Gasteiger partial charge >= 0.3 is 11.9 Å². The number of esters is 2. The Labute approximate surface area is 109 Å². The number of hydrogen-bond acceptors (Lipinski definition) is 3. The van der Waals surface area contributed by atoms with Gasteiger partial charge in [0.15, 0.2) is 0 Å². The first-order valence-electron chi connectivity index (χ1n) is 6.69. The smallest absolute Gasteiger partial charge is 0.318 e. The van der Waals surface area contributed by atoms with E-state index >= 15 is 0 Å². The molecule has 0 N–H and O–H groups in total. The molecule has 0 unspecified atom stereocenters. The van der Waals surface area contributed by atoms with E-state index in [2.05, 4.69) is 39.9 Å². The van der Waals surface area contributed by atoms with Crippen LogP contribution in [0.2, 0.25) is 23.2 Å². The summed E-state index contributed by atoms with van der Waals surface area (Å²) in [6.45, 7) is 11.2. The van der Waals surface area contributed by atoms with Gasteiger partial charge in [0.1, 0.15) is 0 Å². The summed E-state index contributed by atoms with van der Waals surface area (Å²) in [5.41, 5.74) is 1.37. The average Bonchev–Trinajstić information content (AvgIpc) is 2.71. The maximum atomic E-state index is 12.1. The van der Waals surface area contributed by atoms with E-state index in [1.807, 2.05) is 0 Å². The van der Waals surface area contributed by atoms with Crippen molar-refractivity contribution in [2.45, 2.75) is 50.4 Å². The molecule has 18 heavy (non-hydrogen) atoms. The molecular weight excluding hydrogens is 244 g/mol. The van der Waals surface area contributed by atoms with Crippen molar-refractivity contribution in [3.05, 3.63) is 11.6 Å². The summed E-state index contributed by atoms with van der Waals surface area (Å²) in [6, 6.07) is 0. The quantitative estimate of drug-likeness (QED) is 0.316. The third-order valence-corrected chi connectivity index (χ3v) is 12.9. The molecule has 0 aromatic heterocycles. The fourth-order valence-electron chi connectivity index (χ4n) is 4.85. The second kappa shape index (κ2) is 2.98. The van der Waals surface area contributed by atoms with Crippen LogP contribution in [0.1, 0.15) is 27.2 Å².